The van der Waals surface area contributed by atoms with Crippen LogP contribution >= 0.6 is 0 Å². The third-order valence-electron chi connectivity index (χ3n) is 5.58. The Bertz CT molecular complexity index is 502. The van der Waals surface area contributed by atoms with Crippen molar-refractivity contribution in [2.45, 2.75) is 37.8 Å². The molecule has 5 nitrogen and oxygen atoms in total. The average Bonchev–Trinajstić information content (AvgIpc) is 2.42. The van der Waals surface area contributed by atoms with E-state index in [9.17, 15) is 0 Å². The lowest BCUT2D eigenvalue weighted by Crippen LogP contribution is -2.62. The van der Waals surface area contributed by atoms with Crippen molar-refractivity contribution in [3.05, 3.63) is 23.8 Å². The molecule has 1 aliphatic carbocycles. The Morgan fingerprint density at radius 3 is 2.59 bits per heavy atom. The van der Waals surface area contributed by atoms with Gasteiger partial charge in [0.05, 0.1) is 5.69 Å². The van der Waals surface area contributed by atoms with Crippen LogP contribution in [0.1, 0.15) is 36.7 Å². The quantitative estimate of drug-likeness (QED) is 0.834. The van der Waals surface area contributed by atoms with Gasteiger partial charge in [-0.25, -0.2) is 9.97 Å². The van der Waals surface area contributed by atoms with Crippen molar-refractivity contribution < 1.29 is 0 Å². The number of likely N-dealkylation sites (tertiary alicyclic amines) is 1. The van der Waals surface area contributed by atoms with Gasteiger partial charge in [-0.05, 0) is 26.0 Å². The normalized spacial score (nSPS) is 25.9. The van der Waals surface area contributed by atoms with Gasteiger partial charge in [0.15, 0.2) is 0 Å². The Labute approximate surface area is 133 Å². The molecule has 0 atom stereocenters. The van der Waals surface area contributed by atoms with E-state index < -0.39 is 0 Å². The van der Waals surface area contributed by atoms with E-state index in [1.807, 2.05) is 6.20 Å². The van der Waals surface area contributed by atoms with Crippen LogP contribution < -0.4 is 0 Å². The fourth-order valence-corrected chi connectivity index (χ4v) is 3.68. The van der Waals surface area contributed by atoms with Crippen molar-refractivity contribution in [3.63, 3.8) is 0 Å². The van der Waals surface area contributed by atoms with Gasteiger partial charge in [-0.15, -0.1) is 0 Å². The molecule has 1 aromatic heterocycles. The molecule has 1 saturated carbocycles. The Morgan fingerprint density at radius 1 is 1.14 bits per heavy atom. The van der Waals surface area contributed by atoms with Crippen LogP contribution in [0.3, 0.4) is 0 Å². The molecule has 0 unspecified atom stereocenters. The minimum absolute atomic E-state index is 0.634. The lowest BCUT2D eigenvalue weighted by atomic mass is 9.85. The van der Waals surface area contributed by atoms with Crippen LogP contribution in [0, 0.1) is 0 Å². The molecule has 0 spiro atoms. The molecule has 0 amide bonds. The zero-order valence-corrected chi connectivity index (χ0v) is 13.6. The maximum Gasteiger partial charge on any atom is 0.131 e. The van der Waals surface area contributed by atoms with Gasteiger partial charge >= 0.3 is 0 Å². The maximum absolute atomic E-state index is 4.79. The smallest absolute Gasteiger partial charge is 0.131 e. The summed E-state index contributed by atoms with van der Waals surface area (Å²) in [6.07, 6.45) is 5.85. The van der Waals surface area contributed by atoms with E-state index in [4.69, 9.17) is 4.98 Å². The summed E-state index contributed by atoms with van der Waals surface area (Å²) < 4.78 is 0. The fourth-order valence-electron chi connectivity index (χ4n) is 3.68. The standard InChI is InChI=1S/C17H27N5/c1-20-7-9-22(10-8-20)16-12-21(13-16)11-15-5-6-18-17(19-15)14-3-2-4-14/h5-6,14,16H,2-4,7-13H2,1H3. The Hall–Kier alpha value is -1.04. The van der Waals surface area contributed by atoms with Crippen molar-refractivity contribution in [2.24, 2.45) is 0 Å². The van der Waals surface area contributed by atoms with Gasteiger partial charge in [-0.2, -0.15) is 0 Å². The SMILES string of the molecule is CN1CCN(C2CN(Cc3ccnc(C4CCC4)n3)C2)CC1. The molecular weight excluding hydrogens is 274 g/mol. The fraction of sp³-hybridized carbons (Fsp3) is 0.765. The molecule has 0 bridgehead atoms. The summed E-state index contributed by atoms with van der Waals surface area (Å²) in [5.74, 6) is 1.72. The summed E-state index contributed by atoms with van der Waals surface area (Å²) in [6, 6.07) is 2.85. The second-order valence-corrected chi connectivity index (χ2v) is 7.22. The molecule has 3 aliphatic rings. The highest BCUT2D eigenvalue weighted by atomic mass is 15.3. The highest BCUT2D eigenvalue weighted by Gasteiger charge is 2.33. The van der Waals surface area contributed by atoms with Gasteiger partial charge in [0, 0.05) is 64.0 Å². The van der Waals surface area contributed by atoms with Crippen LogP contribution in [-0.4, -0.2) is 77.0 Å². The first-order valence-corrected chi connectivity index (χ1v) is 8.75. The van der Waals surface area contributed by atoms with Crippen molar-refractivity contribution in [1.82, 2.24) is 24.7 Å². The maximum atomic E-state index is 4.79. The molecular formula is C17H27N5. The predicted molar refractivity (Wildman–Crippen MR) is 86.8 cm³/mol. The molecule has 0 N–H and O–H groups in total. The average molecular weight is 301 g/mol. The van der Waals surface area contributed by atoms with Crippen molar-refractivity contribution in [1.29, 1.82) is 0 Å². The highest BCUT2D eigenvalue weighted by molar-refractivity contribution is 5.08. The number of likely N-dealkylation sites (N-methyl/N-ethyl adjacent to an activating group) is 1. The number of rotatable bonds is 4. The lowest BCUT2D eigenvalue weighted by Gasteiger charge is -2.47. The van der Waals surface area contributed by atoms with Gasteiger partial charge in [-0.3, -0.25) is 9.80 Å². The molecule has 3 heterocycles. The predicted octanol–water partition coefficient (Wildman–Crippen LogP) is 1.18. The first kappa shape index (κ1) is 14.5. The summed E-state index contributed by atoms with van der Waals surface area (Å²) in [4.78, 5) is 16.9. The van der Waals surface area contributed by atoms with E-state index in [1.54, 1.807) is 0 Å². The van der Waals surface area contributed by atoms with Crippen LogP contribution in [-0.2, 0) is 6.54 Å². The van der Waals surface area contributed by atoms with Gasteiger partial charge in [0.1, 0.15) is 5.82 Å². The van der Waals surface area contributed by atoms with E-state index in [0.29, 0.717) is 5.92 Å². The van der Waals surface area contributed by atoms with E-state index in [1.165, 1.54) is 64.2 Å². The van der Waals surface area contributed by atoms with Crippen LogP contribution in [0.25, 0.3) is 0 Å². The largest absolute Gasteiger partial charge is 0.304 e. The molecule has 22 heavy (non-hydrogen) atoms. The summed E-state index contributed by atoms with van der Waals surface area (Å²) >= 11 is 0. The summed E-state index contributed by atoms with van der Waals surface area (Å²) in [7, 11) is 2.22. The molecule has 2 aliphatic heterocycles. The Kier molecular flexibility index (Phi) is 4.11. The highest BCUT2D eigenvalue weighted by Crippen LogP contribution is 2.34. The van der Waals surface area contributed by atoms with Crippen LogP contribution in [0.2, 0.25) is 0 Å². The van der Waals surface area contributed by atoms with Crippen molar-refractivity contribution >= 4 is 0 Å². The summed E-state index contributed by atoms with van der Waals surface area (Å²) in [6.45, 7) is 8.29. The Balaban J connectivity index is 1.27. The third kappa shape index (κ3) is 3.03. The first-order chi connectivity index (χ1) is 10.8. The van der Waals surface area contributed by atoms with Crippen LogP contribution in [0.5, 0.6) is 0 Å². The number of nitrogens with zero attached hydrogens (tertiary/aromatic N) is 5. The Morgan fingerprint density at radius 2 is 1.91 bits per heavy atom. The monoisotopic (exact) mass is 301 g/mol. The summed E-state index contributed by atoms with van der Waals surface area (Å²) in [5, 5.41) is 0. The zero-order valence-electron chi connectivity index (χ0n) is 13.6. The minimum atomic E-state index is 0.634. The van der Waals surface area contributed by atoms with Gasteiger partial charge in [-0.1, -0.05) is 6.42 Å². The van der Waals surface area contributed by atoms with Gasteiger partial charge in [0.25, 0.3) is 0 Å². The van der Waals surface area contributed by atoms with Crippen molar-refractivity contribution in [3.8, 4) is 0 Å². The molecule has 1 aromatic rings. The lowest BCUT2D eigenvalue weighted by molar-refractivity contribution is 0.00481. The van der Waals surface area contributed by atoms with Crippen LogP contribution in [0.15, 0.2) is 12.3 Å². The second-order valence-electron chi connectivity index (χ2n) is 7.22. The van der Waals surface area contributed by atoms with Crippen molar-refractivity contribution in [2.75, 3.05) is 46.3 Å². The topological polar surface area (TPSA) is 35.5 Å². The van der Waals surface area contributed by atoms with Crippen LogP contribution in [0.4, 0.5) is 0 Å². The molecule has 0 aromatic carbocycles. The van der Waals surface area contributed by atoms with E-state index in [0.717, 1.165) is 18.4 Å². The molecule has 120 valence electrons. The third-order valence-corrected chi connectivity index (χ3v) is 5.58. The molecule has 2 saturated heterocycles. The number of hydrogen-bond acceptors (Lipinski definition) is 5. The van der Waals surface area contributed by atoms with E-state index in [-0.39, 0.29) is 0 Å². The molecule has 0 radical (unpaired) electrons. The number of hydrogen-bond donors (Lipinski definition) is 0. The van der Waals surface area contributed by atoms with E-state index >= 15 is 0 Å². The first-order valence-electron chi connectivity index (χ1n) is 8.75. The number of aromatic nitrogens is 2. The zero-order chi connectivity index (χ0) is 14.9. The van der Waals surface area contributed by atoms with Gasteiger partial charge < -0.3 is 4.90 Å². The van der Waals surface area contributed by atoms with Gasteiger partial charge in [0.2, 0.25) is 0 Å². The number of piperazine rings is 1. The minimum Gasteiger partial charge on any atom is -0.304 e. The molecule has 4 rings (SSSR count). The summed E-state index contributed by atoms with van der Waals surface area (Å²) in [5.41, 5.74) is 1.20. The second kappa shape index (κ2) is 6.22. The molecule has 3 fully saturated rings. The van der Waals surface area contributed by atoms with E-state index in [2.05, 4.69) is 32.8 Å². The molecule has 5 heteroatoms.